The van der Waals surface area contributed by atoms with Gasteiger partial charge in [0.05, 0.1) is 16.4 Å². The molecule has 0 saturated carbocycles. The van der Waals surface area contributed by atoms with Crippen molar-refractivity contribution < 1.29 is 9.59 Å². The first-order valence-corrected chi connectivity index (χ1v) is 9.88. The molecule has 0 unspecified atom stereocenters. The normalized spacial score (nSPS) is 15.8. The minimum atomic E-state index is -0.549. The first kappa shape index (κ1) is 19.8. The summed E-state index contributed by atoms with van der Waals surface area (Å²) in [5.41, 5.74) is 2.89. The fraction of sp³-hybridized carbons (Fsp3) is 0.250. The number of halogens is 1. The number of para-hydroxylation sites is 1. The third-order valence-corrected chi connectivity index (χ3v) is 5.32. The van der Waals surface area contributed by atoms with Gasteiger partial charge >= 0.3 is 6.03 Å². The summed E-state index contributed by atoms with van der Waals surface area (Å²) in [6.07, 6.45) is 2.86. The number of hydrogen-bond acceptors (Lipinski definition) is 5. The Bertz CT molecular complexity index is 1070. The van der Waals surface area contributed by atoms with Crippen molar-refractivity contribution in [2.75, 3.05) is 17.2 Å². The van der Waals surface area contributed by atoms with Crippen LogP contribution in [-0.2, 0) is 4.79 Å². The van der Waals surface area contributed by atoms with Gasteiger partial charge in [0.15, 0.2) is 0 Å². The van der Waals surface area contributed by atoms with Gasteiger partial charge in [-0.05, 0) is 66.1 Å². The van der Waals surface area contributed by atoms with Crippen LogP contribution in [0.15, 0.2) is 48.8 Å². The second-order valence-corrected chi connectivity index (χ2v) is 7.41. The van der Waals surface area contributed by atoms with Crippen molar-refractivity contribution in [1.29, 1.82) is 0 Å². The van der Waals surface area contributed by atoms with Gasteiger partial charge in [0.1, 0.15) is 12.4 Å². The van der Waals surface area contributed by atoms with Gasteiger partial charge in [0.25, 0.3) is 0 Å². The minimum absolute atomic E-state index is 0.226. The van der Waals surface area contributed by atoms with Gasteiger partial charge < -0.3 is 15.5 Å². The molecule has 30 heavy (non-hydrogen) atoms. The zero-order chi connectivity index (χ0) is 21.1. The highest BCUT2D eigenvalue weighted by Crippen LogP contribution is 2.25. The number of likely N-dealkylation sites (tertiary alicyclic amines) is 1. The van der Waals surface area contributed by atoms with Crippen molar-refractivity contribution in [1.82, 2.24) is 25.1 Å². The van der Waals surface area contributed by atoms with Crippen molar-refractivity contribution in [3.63, 3.8) is 0 Å². The minimum Gasteiger partial charge on any atom is -0.324 e. The van der Waals surface area contributed by atoms with E-state index >= 15 is 0 Å². The van der Waals surface area contributed by atoms with E-state index in [1.165, 1.54) is 6.33 Å². The van der Waals surface area contributed by atoms with E-state index in [4.69, 9.17) is 11.6 Å². The second kappa shape index (κ2) is 8.50. The molecule has 3 aromatic rings. The number of anilines is 2. The SMILES string of the molecule is Cc1cc(NC(=O)[C@@H]2CCCN2C(=O)Nc2ccccc2Cl)ccc1-n1cnnn1. The lowest BCUT2D eigenvalue weighted by atomic mass is 10.1. The van der Waals surface area contributed by atoms with Crippen LogP contribution in [0.1, 0.15) is 18.4 Å². The molecule has 1 saturated heterocycles. The average Bonchev–Trinajstić information content (AvgIpc) is 3.42. The Morgan fingerprint density at radius 1 is 1.17 bits per heavy atom. The summed E-state index contributed by atoms with van der Waals surface area (Å²) in [4.78, 5) is 27.1. The Hall–Kier alpha value is -3.46. The molecule has 2 N–H and O–H groups in total. The first-order chi connectivity index (χ1) is 14.5. The molecule has 0 radical (unpaired) electrons. The highest BCUT2D eigenvalue weighted by atomic mass is 35.5. The molecule has 1 aliphatic rings. The molecule has 2 heterocycles. The van der Waals surface area contributed by atoms with Crippen LogP contribution in [0.2, 0.25) is 5.02 Å². The topological polar surface area (TPSA) is 105 Å². The van der Waals surface area contributed by atoms with Gasteiger partial charge in [-0.1, -0.05) is 23.7 Å². The first-order valence-electron chi connectivity index (χ1n) is 9.50. The Kier molecular flexibility index (Phi) is 5.62. The summed E-state index contributed by atoms with van der Waals surface area (Å²) in [5.74, 6) is -0.226. The molecule has 1 aliphatic heterocycles. The summed E-state index contributed by atoms with van der Waals surface area (Å²) in [7, 11) is 0. The number of rotatable bonds is 4. The van der Waals surface area contributed by atoms with E-state index in [-0.39, 0.29) is 11.9 Å². The van der Waals surface area contributed by atoms with Crippen LogP contribution in [0.5, 0.6) is 0 Å². The number of carbonyl (C=O) groups is 2. The molecular formula is C20H20ClN7O2. The Balaban J connectivity index is 1.44. The number of benzene rings is 2. The summed E-state index contributed by atoms with van der Waals surface area (Å²) >= 11 is 6.12. The number of aromatic nitrogens is 4. The molecule has 0 aliphatic carbocycles. The van der Waals surface area contributed by atoms with Crippen molar-refractivity contribution in [2.45, 2.75) is 25.8 Å². The Morgan fingerprint density at radius 3 is 2.73 bits per heavy atom. The van der Waals surface area contributed by atoms with Gasteiger partial charge in [-0.25, -0.2) is 9.48 Å². The van der Waals surface area contributed by atoms with E-state index in [2.05, 4.69) is 26.2 Å². The standard InChI is InChI=1S/C20H20ClN7O2/c1-13-11-14(8-9-17(13)28-12-22-25-26-28)23-19(29)18-7-4-10-27(18)20(30)24-16-6-3-2-5-15(16)21/h2-3,5-6,8-9,11-12,18H,4,7,10H2,1H3,(H,23,29)(H,24,30)/t18-/m0/s1. The maximum atomic E-state index is 12.9. The molecular weight excluding hydrogens is 406 g/mol. The van der Waals surface area contributed by atoms with Crippen LogP contribution in [-0.4, -0.2) is 49.6 Å². The highest BCUT2D eigenvalue weighted by Gasteiger charge is 2.34. The van der Waals surface area contributed by atoms with Crippen LogP contribution in [0.25, 0.3) is 5.69 Å². The predicted octanol–water partition coefficient (Wildman–Crippen LogP) is 3.26. The van der Waals surface area contributed by atoms with Crippen molar-refractivity contribution in [2.24, 2.45) is 0 Å². The summed E-state index contributed by atoms with van der Waals surface area (Å²) < 4.78 is 1.55. The fourth-order valence-electron chi connectivity index (χ4n) is 3.52. The molecule has 10 heteroatoms. The Morgan fingerprint density at radius 2 is 2.00 bits per heavy atom. The molecule has 1 fully saturated rings. The van der Waals surface area contributed by atoms with Crippen LogP contribution in [0.3, 0.4) is 0 Å². The predicted molar refractivity (Wildman–Crippen MR) is 113 cm³/mol. The maximum absolute atomic E-state index is 12.9. The van der Waals surface area contributed by atoms with Crippen LogP contribution in [0.4, 0.5) is 16.2 Å². The smallest absolute Gasteiger partial charge is 0.322 e. The van der Waals surface area contributed by atoms with Gasteiger partial charge in [0, 0.05) is 12.2 Å². The molecule has 0 spiro atoms. The number of hydrogen-bond donors (Lipinski definition) is 2. The fourth-order valence-corrected chi connectivity index (χ4v) is 3.70. The third kappa shape index (κ3) is 4.11. The molecule has 1 aromatic heterocycles. The number of nitrogens with one attached hydrogen (secondary N) is 2. The van der Waals surface area contributed by atoms with Crippen molar-refractivity contribution in [3.05, 3.63) is 59.4 Å². The van der Waals surface area contributed by atoms with Crippen LogP contribution in [0, 0.1) is 6.92 Å². The highest BCUT2D eigenvalue weighted by molar-refractivity contribution is 6.33. The zero-order valence-electron chi connectivity index (χ0n) is 16.2. The van der Waals surface area contributed by atoms with Crippen LogP contribution >= 0.6 is 11.6 Å². The van der Waals surface area contributed by atoms with Gasteiger partial charge in [-0.3, -0.25) is 4.79 Å². The summed E-state index contributed by atoms with van der Waals surface area (Å²) in [5, 5.41) is 17.3. The zero-order valence-corrected chi connectivity index (χ0v) is 17.0. The largest absolute Gasteiger partial charge is 0.324 e. The van der Waals surface area contributed by atoms with E-state index in [0.29, 0.717) is 29.4 Å². The lowest BCUT2D eigenvalue weighted by Gasteiger charge is -2.24. The van der Waals surface area contributed by atoms with Gasteiger partial charge in [-0.15, -0.1) is 5.10 Å². The number of urea groups is 1. The lowest BCUT2D eigenvalue weighted by Crippen LogP contribution is -2.45. The number of amides is 3. The van der Waals surface area contributed by atoms with Gasteiger partial charge in [-0.2, -0.15) is 0 Å². The second-order valence-electron chi connectivity index (χ2n) is 7.01. The monoisotopic (exact) mass is 425 g/mol. The molecule has 9 nitrogen and oxygen atoms in total. The molecule has 3 amide bonds. The van der Waals surface area contributed by atoms with Crippen LogP contribution < -0.4 is 10.6 Å². The number of nitrogens with zero attached hydrogens (tertiary/aromatic N) is 5. The molecule has 4 rings (SSSR count). The van der Waals surface area contributed by atoms with E-state index in [1.54, 1.807) is 39.9 Å². The molecule has 1 atom stereocenters. The number of aryl methyl sites for hydroxylation is 1. The lowest BCUT2D eigenvalue weighted by molar-refractivity contribution is -0.119. The quantitative estimate of drug-likeness (QED) is 0.667. The Labute approximate surface area is 178 Å². The van der Waals surface area contributed by atoms with E-state index in [9.17, 15) is 9.59 Å². The summed E-state index contributed by atoms with van der Waals surface area (Å²) in [6, 6.07) is 11.6. The molecule has 0 bridgehead atoms. The average molecular weight is 426 g/mol. The number of carbonyl (C=O) groups excluding carboxylic acids is 2. The molecule has 2 aromatic carbocycles. The van der Waals surface area contributed by atoms with E-state index in [0.717, 1.165) is 17.7 Å². The van der Waals surface area contributed by atoms with E-state index in [1.807, 2.05) is 19.1 Å². The molecule has 154 valence electrons. The van der Waals surface area contributed by atoms with E-state index < -0.39 is 6.04 Å². The third-order valence-electron chi connectivity index (χ3n) is 4.99. The van der Waals surface area contributed by atoms with Crippen molar-refractivity contribution in [3.8, 4) is 5.69 Å². The maximum Gasteiger partial charge on any atom is 0.322 e. The van der Waals surface area contributed by atoms with Gasteiger partial charge in [0.2, 0.25) is 5.91 Å². The number of tetrazole rings is 1. The summed E-state index contributed by atoms with van der Waals surface area (Å²) in [6.45, 7) is 2.41. The van der Waals surface area contributed by atoms with Crippen molar-refractivity contribution >= 4 is 34.9 Å².